The molecular weight excluding hydrogens is 434 g/mol. The van der Waals surface area contributed by atoms with E-state index in [9.17, 15) is 13.2 Å². The number of hydrogen-bond donors (Lipinski definition) is 2. The molecule has 1 saturated heterocycles. The molecule has 6 nitrogen and oxygen atoms in total. The number of likely N-dealkylation sites (tertiary alicyclic amines) is 1. The summed E-state index contributed by atoms with van der Waals surface area (Å²) >= 11 is 0. The van der Waals surface area contributed by atoms with Gasteiger partial charge in [0.15, 0.2) is 0 Å². The van der Waals surface area contributed by atoms with Gasteiger partial charge in [-0.25, -0.2) is 8.42 Å². The molecule has 2 N–H and O–H groups in total. The minimum atomic E-state index is -3.74. The van der Waals surface area contributed by atoms with Gasteiger partial charge < -0.3 is 10.2 Å². The van der Waals surface area contributed by atoms with Gasteiger partial charge in [-0.3, -0.25) is 9.52 Å². The molecule has 33 heavy (non-hydrogen) atoms. The number of carbonyl (C=O) groups excluding carboxylic acids is 1. The molecule has 0 bridgehead atoms. The van der Waals surface area contributed by atoms with E-state index in [0.717, 1.165) is 18.5 Å². The molecule has 0 aliphatic carbocycles. The van der Waals surface area contributed by atoms with E-state index >= 15 is 0 Å². The Balaban J connectivity index is 1.35. The topological polar surface area (TPSA) is 78.5 Å². The first-order valence-electron chi connectivity index (χ1n) is 11.2. The maximum atomic E-state index is 12.7. The first-order chi connectivity index (χ1) is 15.9. The summed E-state index contributed by atoms with van der Waals surface area (Å²) in [7, 11) is -3.74. The van der Waals surface area contributed by atoms with Crippen LogP contribution in [-0.2, 0) is 16.4 Å². The Bertz CT molecular complexity index is 1200. The van der Waals surface area contributed by atoms with E-state index in [2.05, 4.69) is 14.9 Å². The molecule has 172 valence electrons. The van der Waals surface area contributed by atoms with Crippen molar-refractivity contribution in [2.75, 3.05) is 29.7 Å². The molecule has 0 saturated carbocycles. The smallest absolute Gasteiger partial charge is 0.261 e. The fourth-order valence-corrected chi connectivity index (χ4v) is 5.06. The molecular formula is C26H29N3O3S. The van der Waals surface area contributed by atoms with Gasteiger partial charge in [0.2, 0.25) is 0 Å². The predicted octanol–water partition coefficient (Wildman–Crippen LogP) is 4.69. The van der Waals surface area contributed by atoms with Crippen LogP contribution in [0.15, 0.2) is 77.7 Å². The molecule has 3 aromatic carbocycles. The zero-order valence-electron chi connectivity index (χ0n) is 18.8. The standard InChI is InChI=1S/C26H29N3O3S/c1-20-6-2-3-7-25(20)28-33(31,32)24-14-10-22(11-15-24)26(30)27-23-12-8-21(9-13-23)16-19-29-17-4-5-18-29/h2-3,6-15,28H,4-5,16-19H2,1H3,(H,27,30). The lowest BCUT2D eigenvalue weighted by Crippen LogP contribution is -2.21. The zero-order chi connectivity index (χ0) is 23.3. The lowest BCUT2D eigenvalue weighted by molar-refractivity contribution is 0.102. The normalized spacial score (nSPS) is 14.2. The van der Waals surface area contributed by atoms with Gasteiger partial charge in [0.1, 0.15) is 0 Å². The van der Waals surface area contributed by atoms with Crippen LogP contribution in [0.3, 0.4) is 0 Å². The monoisotopic (exact) mass is 463 g/mol. The lowest BCUT2D eigenvalue weighted by Gasteiger charge is -2.14. The Kier molecular flexibility index (Phi) is 7.11. The molecule has 1 aliphatic rings. The molecule has 0 spiro atoms. The van der Waals surface area contributed by atoms with Crippen LogP contribution < -0.4 is 10.0 Å². The van der Waals surface area contributed by atoms with Crippen LogP contribution in [0, 0.1) is 6.92 Å². The third kappa shape index (κ3) is 6.00. The fourth-order valence-electron chi connectivity index (χ4n) is 3.93. The van der Waals surface area contributed by atoms with Gasteiger partial charge in [0.05, 0.1) is 10.6 Å². The third-order valence-electron chi connectivity index (χ3n) is 5.94. The Hall–Kier alpha value is -3.16. The van der Waals surface area contributed by atoms with Crippen LogP contribution in [0.25, 0.3) is 0 Å². The summed E-state index contributed by atoms with van der Waals surface area (Å²) < 4.78 is 28.0. The lowest BCUT2D eigenvalue weighted by atomic mass is 10.1. The first kappa shape index (κ1) is 23.0. The van der Waals surface area contributed by atoms with E-state index in [0.29, 0.717) is 16.9 Å². The summed E-state index contributed by atoms with van der Waals surface area (Å²) in [5.41, 5.74) is 3.71. The number of nitrogens with zero attached hydrogens (tertiary/aromatic N) is 1. The number of hydrogen-bond acceptors (Lipinski definition) is 4. The van der Waals surface area contributed by atoms with Gasteiger partial charge in [-0.1, -0.05) is 30.3 Å². The second-order valence-electron chi connectivity index (χ2n) is 8.39. The number of rotatable bonds is 8. The van der Waals surface area contributed by atoms with Crippen molar-refractivity contribution in [2.24, 2.45) is 0 Å². The van der Waals surface area contributed by atoms with Crippen LogP contribution in [0.4, 0.5) is 11.4 Å². The van der Waals surface area contributed by atoms with Gasteiger partial charge in [-0.15, -0.1) is 0 Å². The zero-order valence-corrected chi connectivity index (χ0v) is 19.6. The summed E-state index contributed by atoms with van der Waals surface area (Å²) in [6, 6.07) is 21.0. The van der Waals surface area contributed by atoms with Gasteiger partial charge in [-0.2, -0.15) is 0 Å². The number of amides is 1. The van der Waals surface area contributed by atoms with E-state index in [1.54, 1.807) is 12.1 Å². The Morgan fingerprint density at radius 1 is 0.909 bits per heavy atom. The molecule has 1 aliphatic heterocycles. The van der Waals surface area contributed by atoms with Crippen LogP contribution in [0.1, 0.15) is 34.3 Å². The molecule has 0 atom stereocenters. The number of carbonyl (C=O) groups is 1. The number of benzene rings is 3. The van der Waals surface area contributed by atoms with E-state index in [4.69, 9.17) is 0 Å². The molecule has 7 heteroatoms. The predicted molar refractivity (Wildman–Crippen MR) is 132 cm³/mol. The number of anilines is 2. The highest BCUT2D eigenvalue weighted by Crippen LogP contribution is 2.20. The molecule has 3 aromatic rings. The average Bonchev–Trinajstić information content (AvgIpc) is 3.34. The fraction of sp³-hybridized carbons (Fsp3) is 0.269. The molecule has 1 heterocycles. The minimum absolute atomic E-state index is 0.102. The SMILES string of the molecule is Cc1ccccc1NS(=O)(=O)c1ccc(C(=O)Nc2ccc(CCN3CCCC3)cc2)cc1. The average molecular weight is 464 g/mol. The van der Waals surface area contributed by atoms with E-state index in [1.165, 1.54) is 55.8 Å². The Morgan fingerprint density at radius 3 is 2.24 bits per heavy atom. The van der Waals surface area contributed by atoms with Crippen molar-refractivity contribution >= 4 is 27.3 Å². The van der Waals surface area contributed by atoms with Crippen molar-refractivity contribution in [3.05, 3.63) is 89.5 Å². The van der Waals surface area contributed by atoms with Crippen molar-refractivity contribution in [1.82, 2.24) is 4.90 Å². The van der Waals surface area contributed by atoms with Gasteiger partial charge >= 0.3 is 0 Å². The van der Waals surface area contributed by atoms with Crippen LogP contribution in [-0.4, -0.2) is 38.9 Å². The van der Waals surface area contributed by atoms with E-state index < -0.39 is 10.0 Å². The van der Waals surface area contributed by atoms with Crippen molar-refractivity contribution in [1.29, 1.82) is 0 Å². The Labute approximate surface area is 195 Å². The van der Waals surface area contributed by atoms with Crippen molar-refractivity contribution in [3.8, 4) is 0 Å². The summed E-state index contributed by atoms with van der Waals surface area (Å²) in [6.45, 7) is 5.29. The highest BCUT2D eigenvalue weighted by atomic mass is 32.2. The highest BCUT2D eigenvalue weighted by molar-refractivity contribution is 7.92. The summed E-state index contributed by atoms with van der Waals surface area (Å²) in [5.74, 6) is -0.282. The first-order valence-corrected chi connectivity index (χ1v) is 12.7. The largest absolute Gasteiger partial charge is 0.322 e. The maximum Gasteiger partial charge on any atom is 0.261 e. The quantitative estimate of drug-likeness (QED) is 0.508. The number of sulfonamides is 1. The minimum Gasteiger partial charge on any atom is -0.322 e. The van der Waals surface area contributed by atoms with Crippen molar-refractivity contribution < 1.29 is 13.2 Å². The summed E-state index contributed by atoms with van der Waals surface area (Å²) in [6.07, 6.45) is 3.59. The molecule has 0 unspecified atom stereocenters. The van der Waals surface area contributed by atoms with Gasteiger partial charge in [0.25, 0.3) is 15.9 Å². The van der Waals surface area contributed by atoms with Crippen LogP contribution in [0.2, 0.25) is 0 Å². The number of nitrogens with one attached hydrogen (secondary N) is 2. The maximum absolute atomic E-state index is 12.7. The molecule has 1 amide bonds. The number of para-hydroxylation sites is 1. The Morgan fingerprint density at radius 2 is 1.58 bits per heavy atom. The van der Waals surface area contributed by atoms with Gasteiger partial charge in [0, 0.05) is 17.8 Å². The number of aryl methyl sites for hydroxylation is 1. The van der Waals surface area contributed by atoms with Crippen molar-refractivity contribution in [3.63, 3.8) is 0 Å². The summed E-state index contributed by atoms with van der Waals surface area (Å²) in [4.78, 5) is 15.2. The van der Waals surface area contributed by atoms with Gasteiger partial charge in [-0.05, 0) is 92.9 Å². The molecule has 0 aromatic heterocycles. The summed E-state index contributed by atoms with van der Waals surface area (Å²) in [5, 5.41) is 2.87. The van der Waals surface area contributed by atoms with Crippen molar-refractivity contribution in [2.45, 2.75) is 31.1 Å². The third-order valence-corrected chi connectivity index (χ3v) is 7.32. The second-order valence-corrected chi connectivity index (χ2v) is 10.1. The second kappa shape index (κ2) is 10.2. The van der Waals surface area contributed by atoms with Crippen LogP contribution >= 0.6 is 0 Å². The van der Waals surface area contributed by atoms with Crippen LogP contribution in [0.5, 0.6) is 0 Å². The molecule has 0 radical (unpaired) electrons. The molecule has 1 fully saturated rings. The molecule has 4 rings (SSSR count). The van der Waals surface area contributed by atoms with E-state index in [1.807, 2.05) is 43.3 Å². The van der Waals surface area contributed by atoms with E-state index in [-0.39, 0.29) is 10.8 Å². The highest BCUT2D eigenvalue weighted by Gasteiger charge is 2.16.